The van der Waals surface area contributed by atoms with Crippen LogP contribution in [0.1, 0.15) is 22.7 Å². The van der Waals surface area contributed by atoms with Gasteiger partial charge < -0.3 is 15.1 Å². The topological polar surface area (TPSA) is 76.2 Å². The summed E-state index contributed by atoms with van der Waals surface area (Å²) in [7, 11) is 1.67. The molecule has 5 rings (SSSR count). The average molecular weight is 536 g/mol. The van der Waals surface area contributed by atoms with Crippen molar-refractivity contribution >= 4 is 29.4 Å². The highest BCUT2D eigenvalue weighted by molar-refractivity contribution is 6.30. The van der Waals surface area contributed by atoms with Crippen molar-refractivity contribution in [3.8, 4) is 0 Å². The second-order valence-electron chi connectivity index (χ2n) is 9.39. The van der Waals surface area contributed by atoms with Crippen LogP contribution in [0.25, 0.3) is 0 Å². The van der Waals surface area contributed by atoms with E-state index in [2.05, 4.69) is 5.32 Å². The third-order valence-corrected chi connectivity index (χ3v) is 7.01. The summed E-state index contributed by atoms with van der Waals surface area (Å²) in [4.78, 5) is 43.9. The predicted molar refractivity (Wildman–Crippen MR) is 140 cm³/mol. The quantitative estimate of drug-likeness (QED) is 0.539. The summed E-state index contributed by atoms with van der Waals surface area (Å²) < 4.78 is 13.3. The van der Waals surface area contributed by atoms with Crippen LogP contribution in [-0.2, 0) is 22.7 Å². The van der Waals surface area contributed by atoms with Gasteiger partial charge in [0, 0.05) is 25.2 Å². The molecule has 0 spiro atoms. The predicted octanol–water partition coefficient (Wildman–Crippen LogP) is 3.79. The van der Waals surface area contributed by atoms with E-state index >= 15 is 0 Å². The second-order valence-corrected chi connectivity index (χ2v) is 9.83. The van der Waals surface area contributed by atoms with Gasteiger partial charge in [-0.3, -0.25) is 9.59 Å². The molecule has 0 saturated carbocycles. The Balaban J connectivity index is 1.47. The number of piperazine rings is 1. The number of nitrogens with zero attached hydrogens (tertiary/aromatic N) is 4. The van der Waals surface area contributed by atoms with Gasteiger partial charge in [0.25, 0.3) is 5.91 Å². The lowest BCUT2D eigenvalue weighted by atomic mass is 9.98. The van der Waals surface area contributed by atoms with Gasteiger partial charge in [-0.1, -0.05) is 66.2 Å². The van der Waals surface area contributed by atoms with E-state index in [1.54, 1.807) is 41.2 Å². The number of hydrogen-bond donors (Lipinski definition) is 1. The molecular weight excluding hydrogens is 509 g/mol. The van der Waals surface area contributed by atoms with Crippen molar-refractivity contribution in [2.45, 2.75) is 25.3 Å². The summed E-state index contributed by atoms with van der Waals surface area (Å²) in [6.07, 6.45) is -0.739. The minimum Gasteiger partial charge on any atom is -0.333 e. The van der Waals surface area contributed by atoms with Crippen molar-refractivity contribution in [2.75, 3.05) is 20.1 Å². The number of benzene rings is 3. The fourth-order valence-electron chi connectivity index (χ4n) is 5.01. The summed E-state index contributed by atoms with van der Waals surface area (Å²) >= 11 is 6.19. The van der Waals surface area contributed by atoms with Gasteiger partial charge in [0.05, 0.1) is 13.1 Å². The molecule has 2 aliphatic rings. The lowest BCUT2D eigenvalue weighted by Gasteiger charge is -2.54. The van der Waals surface area contributed by atoms with Crippen LogP contribution in [0, 0.1) is 5.82 Å². The molecule has 2 saturated heterocycles. The average Bonchev–Trinajstić information content (AvgIpc) is 2.90. The van der Waals surface area contributed by atoms with E-state index in [1.165, 1.54) is 22.0 Å². The minimum atomic E-state index is -0.886. The van der Waals surface area contributed by atoms with Crippen LogP contribution in [-0.4, -0.2) is 64.0 Å². The highest BCUT2D eigenvalue weighted by atomic mass is 35.5. The largest absolute Gasteiger partial charge is 0.334 e. The maximum Gasteiger partial charge on any atom is 0.334 e. The Kier molecular flexibility index (Phi) is 7.31. The zero-order chi connectivity index (χ0) is 26.8. The van der Waals surface area contributed by atoms with Crippen LogP contribution >= 0.6 is 11.6 Å². The molecule has 2 fully saturated rings. The maximum absolute atomic E-state index is 13.8. The Hall–Kier alpha value is -3.95. The SMILES string of the molecule is CN1CC(=O)N2[C@@H](c3ccccc3)C(=O)N(Cc3cccc(Cl)c3)C[C@@H]2N1C(=O)NCc1ccc(F)cc1. The van der Waals surface area contributed by atoms with Gasteiger partial charge in [-0.05, 0) is 41.0 Å². The van der Waals surface area contributed by atoms with Crippen molar-refractivity contribution < 1.29 is 18.8 Å². The van der Waals surface area contributed by atoms with Gasteiger partial charge in [-0.25, -0.2) is 19.2 Å². The first kappa shape index (κ1) is 25.7. The number of rotatable bonds is 5. The van der Waals surface area contributed by atoms with Crippen LogP contribution in [0.3, 0.4) is 0 Å². The molecule has 38 heavy (non-hydrogen) atoms. The molecular formula is C28H27ClFN5O3. The molecule has 8 nitrogen and oxygen atoms in total. The van der Waals surface area contributed by atoms with E-state index in [4.69, 9.17) is 11.6 Å². The zero-order valence-corrected chi connectivity index (χ0v) is 21.5. The second kappa shape index (κ2) is 10.8. The number of halogens is 2. The number of carbonyl (C=O) groups is 3. The molecule has 10 heteroatoms. The number of fused-ring (bicyclic) bond motifs is 1. The summed E-state index contributed by atoms with van der Waals surface area (Å²) in [5.74, 6) is -0.828. The Morgan fingerprint density at radius 3 is 2.45 bits per heavy atom. The molecule has 2 heterocycles. The van der Waals surface area contributed by atoms with E-state index in [9.17, 15) is 18.8 Å². The van der Waals surface area contributed by atoms with Crippen LogP contribution in [0.4, 0.5) is 9.18 Å². The number of urea groups is 1. The van der Waals surface area contributed by atoms with Gasteiger partial charge >= 0.3 is 6.03 Å². The molecule has 0 radical (unpaired) electrons. The van der Waals surface area contributed by atoms with Crippen molar-refractivity contribution in [2.24, 2.45) is 0 Å². The number of nitrogens with one attached hydrogen (secondary N) is 1. The smallest absolute Gasteiger partial charge is 0.333 e. The zero-order valence-electron chi connectivity index (χ0n) is 20.8. The molecule has 3 aromatic carbocycles. The Labute approximate surface area is 225 Å². The first-order valence-corrected chi connectivity index (χ1v) is 12.6. The van der Waals surface area contributed by atoms with Crippen molar-refractivity contribution in [3.63, 3.8) is 0 Å². The van der Waals surface area contributed by atoms with Gasteiger partial charge in [-0.15, -0.1) is 0 Å². The number of hydrogen-bond acceptors (Lipinski definition) is 4. The number of likely N-dealkylation sites (N-methyl/N-ethyl adjacent to an activating group) is 1. The van der Waals surface area contributed by atoms with E-state index < -0.39 is 18.2 Å². The van der Waals surface area contributed by atoms with Crippen LogP contribution in [0.15, 0.2) is 78.9 Å². The Morgan fingerprint density at radius 1 is 1.00 bits per heavy atom. The fraction of sp³-hybridized carbons (Fsp3) is 0.250. The molecule has 3 aromatic rings. The van der Waals surface area contributed by atoms with Crippen LogP contribution in [0.2, 0.25) is 5.02 Å². The van der Waals surface area contributed by atoms with E-state index in [0.29, 0.717) is 10.6 Å². The van der Waals surface area contributed by atoms with Crippen LogP contribution < -0.4 is 5.32 Å². The molecule has 2 atom stereocenters. The maximum atomic E-state index is 13.8. The molecule has 0 unspecified atom stereocenters. The third-order valence-electron chi connectivity index (χ3n) is 6.77. The van der Waals surface area contributed by atoms with Gasteiger partial charge in [0.15, 0.2) is 0 Å². The van der Waals surface area contributed by atoms with Gasteiger partial charge in [0.1, 0.15) is 18.0 Å². The Morgan fingerprint density at radius 2 is 1.74 bits per heavy atom. The Bertz CT molecular complexity index is 1340. The lowest BCUT2D eigenvalue weighted by Crippen LogP contribution is -2.73. The summed E-state index contributed by atoms with van der Waals surface area (Å²) in [6, 6.07) is 20.9. The number of amides is 4. The van der Waals surface area contributed by atoms with Crippen molar-refractivity contribution in [1.29, 1.82) is 0 Å². The minimum absolute atomic E-state index is 0.0641. The van der Waals surface area contributed by atoms with Gasteiger partial charge in [-0.2, -0.15) is 0 Å². The first-order valence-electron chi connectivity index (χ1n) is 12.2. The molecule has 0 aliphatic carbocycles. The van der Waals surface area contributed by atoms with Gasteiger partial charge in [0.2, 0.25) is 5.91 Å². The van der Waals surface area contributed by atoms with E-state index in [1.807, 2.05) is 42.5 Å². The number of carbonyl (C=O) groups excluding carboxylic acids is 3. The number of hydrazine groups is 1. The molecule has 0 bridgehead atoms. The van der Waals surface area contributed by atoms with Crippen molar-refractivity contribution in [3.05, 3.63) is 106 Å². The summed E-state index contributed by atoms with van der Waals surface area (Å²) in [6.45, 7) is 0.507. The molecule has 1 N–H and O–H groups in total. The molecule has 196 valence electrons. The molecule has 2 aliphatic heterocycles. The fourth-order valence-corrected chi connectivity index (χ4v) is 5.23. The van der Waals surface area contributed by atoms with E-state index in [0.717, 1.165) is 11.1 Å². The standard InChI is InChI=1S/C28H27ClFN5O3/c1-32-18-25(36)34-24(35(32)28(38)31-15-19-10-12-23(30)13-11-19)17-33(16-20-6-5-9-22(29)14-20)27(37)26(34)21-7-3-2-4-8-21/h2-14,24,26H,15-18H2,1H3,(H,31,38)/t24-,26-/m0/s1. The first-order chi connectivity index (χ1) is 18.3. The van der Waals surface area contributed by atoms with Crippen molar-refractivity contribution in [1.82, 2.24) is 25.1 Å². The molecule has 4 amide bonds. The highest BCUT2D eigenvalue weighted by Crippen LogP contribution is 2.35. The molecule has 0 aromatic heterocycles. The highest BCUT2D eigenvalue weighted by Gasteiger charge is 2.51. The summed E-state index contributed by atoms with van der Waals surface area (Å²) in [5, 5.41) is 6.48. The summed E-state index contributed by atoms with van der Waals surface area (Å²) in [5.41, 5.74) is 2.24. The normalized spacial score (nSPS) is 19.9. The van der Waals surface area contributed by atoms with E-state index in [-0.39, 0.29) is 43.8 Å². The lowest BCUT2D eigenvalue weighted by molar-refractivity contribution is -0.188. The third kappa shape index (κ3) is 5.20. The van der Waals surface area contributed by atoms with Crippen LogP contribution in [0.5, 0.6) is 0 Å². The monoisotopic (exact) mass is 535 g/mol.